The van der Waals surface area contributed by atoms with Crippen LogP contribution in [0.1, 0.15) is 35.6 Å². The first-order valence-corrected chi connectivity index (χ1v) is 7.10. The van der Waals surface area contributed by atoms with Gasteiger partial charge in [0, 0.05) is 25.1 Å². The number of nitrogens with one attached hydrogen (secondary N) is 1. The van der Waals surface area contributed by atoms with Crippen LogP contribution in [0.25, 0.3) is 0 Å². The molecule has 0 radical (unpaired) electrons. The Balaban J connectivity index is 1.85. The summed E-state index contributed by atoms with van der Waals surface area (Å²) in [6.07, 6.45) is 5.49. The number of hydrogen-bond donors (Lipinski definition) is 1. The zero-order valence-electron chi connectivity index (χ0n) is 11.5. The molecule has 1 fully saturated rings. The Morgan fingerprint density at radius 2 is 1.95 bits per heavy atom. The fraction of sp³-hybridized carbons (Fsp3) is 0.438. The summed E-state index contributed by atoms with van der Waals surface area (Å²) in [5.41, 5.74) is 4.19. The predicted octanol–water partition coefficient (Wildman–Crippen LogP) is 2.48. The van der Waals surface area contributed by atoms with Gasteiger partial charge in [-0.1, -0.05) is 30.3 Å². The summed E-state index contributed by atoms with van der Waals surface area (Å²) in [6.45, 7) is 2.25. The highest BCUT2D eigenvalue weighted by Gasteiger charge is 2.21. The molecule has 1 aliphatic heterocycles. The van der Waals surface area contributed by atoms with Crippen LogP contribution in [0.5, 0.6) is 0 Å². The van der Waals surface area contributed by atoms with Gasteiger partial charge in [-0.25, -0.2) is 0 Å². The second kappa shape index (κ2) is 5.57. The molecule has 1 N–H and O–H groups in total. The summed E-state index contributed by atoms with van der Waals surface area (Å²) in [4.78, 5) is 0. The minimum absolute atomic E-state index is 0.660. The molecule has 1 aromatic carbocycles. The predicted molar refractivity (Wildman–Crippen MR) is 77.3 cm³/mol. The molecule has 1 aromatic heterocycles. The van der Waals surface area contributed by atoms with E-state index in [1.54, 1.807) is 0 Å². The van der Waals surface area contributed by atoms with Crippen LogP contribution in [0, 0.1) is 0 Å². The third-order valence-corrected chi connectivity index (χ3v) is 4.03. The molecule has 3 heteroatoms. The van der Waals surface area contributed by atoms with E-state index in [1.807, 2.05) is 6.20 Å². The Labute approximate surface area is 114 Å². The molecule has 1 aliphatic rings. The first-order valence-electron chi connectivity index (χ1n) is 7.10. The van der Waals surface area contributed by atoms with Crippen molar-refractivity contribution >= 4 is 0 Å². The van der Waals surface area contributed by atoms with Crippen LogP contribution in [0.15, 0.2) is 36.5 Å². The van der Waals surface area contributed by atoms with Gasteiger partial charge in [-0.2, -0.15) is 5.10 Å². The number of rotatable bonds is 3. The van der Waals surface area contributed by atoms with Crippen molar-refractivity contribution in [3.05, 3.63) is 53.3 Å². The number of piperidine rings is 1. The van der Waals surface area contributed by atoms with Gasteiger partial charge in [-0.3, -0.25) is 4.68 Å². The fourth-order valence-corrected chi connectivity index (χ4v) is 3.07. The van der Waals surface area contributed by atoms with Gasteiger partial charge < -0.3 is 5.32 Å². The third-order valence-electron chi connectivity index (χ3n) is 4.03. The van der Waals surface area contributed by atoms with Crippen LogP contribution >= 0.6 is 0 Å². The molecule has 0 bridgehead atoms. The average molecular weight is 255 g/mol. The van der Waals surface area contributed by atoms with Gasteiger partial charge >= 0.3 is 0 Å². The zero-order valence-corrected chi connectivity index (χ0v) is 11.5. The molecule has 19 heavy (non-hydrogen) atoms. The van der Waals surface area contributed by atoms with E-state index in [9.17, 15) is 0 Å². The maximum atomic E-state index is 4.48. The first kappa shape index (κ1) is 12.4. The Hall–Kier alpha value is -1.61. The van der Waals surface area contributed by atoms with E-state index >= 15 is 0 Å². The van der Waals surface area contributed by atoms with E-state index in [1.165, 1.54) is 29.7 Å². The number of hydrogen-bond acceptors (Lipinski definition) is 2. The van der Waals surface area contributed by atoms with Gasteiger partial charge in [0.05, 0.1) is 6.20 Å². The summed E-state index contributed by atoms with van der Waals surface area (Å²) < 4.78 is 2.08. The van der Waals surface area contributed by atoms with Crippen LogP contribution < -0.4 is 5.32 Å². The van der Waals surface area contributed by atoms with Crippen molar-refractivity contribution in [2.24, 2.45) is 7.05 Å². The highest BCUT2D eigenvalue weighted by atomic mass is 15.3. The lowest BCUT2D eigenvalue weighted by atomic mass is 9.90. The fourth-order valence-electron chi connectivity index (χ4n) is 3.07. The molecule has 0 saturated carbocycles. The highest BCUT2D eigenvalue weighted by molar-refractivity contribution is 5.30. The monoisotopic (exact) mass is 255 g/mol. The molecule has 2 aromatic rings. The van der Waals surface area contributed by atoms with Crippen LogP contribution in [0.2, 0.25) is 0 Å². The van der Waals surface area contributed by atoms with Crippen LogP contribution in [0.3, 0.4) is 0 Å². The van der Waals surface area contributed by atoms with Crippen molar-refractivity contribution in [1.82, 2.24) is 15.1 Å². The van der Waals surface area contributed by atoms with Gasteiger partial charge in [0.15, 0.2) is 0 Å². The van der Waals surface area contributed by atoms with E-state index in [0.717, 1.165) is 19.5 Å². The maximum absolute atomic E-state index is 4.48. The van der Waals surface area contributed by atoms with Gasteiger partial charge in [0.25, 0.3) is 0 Å². The van der Waals surface area contributed by atoms with Crippen molar-refractivity contribution < 1.29 is 0 Å². The third kappa shape index (κ3) is 2.71. The number of benzene rings is 1. The molecule has 0 unspecified atom stereocenters. The van der Waals surface area contributed by atoms with E-state index in [2.05, 4.69) is 52.5 Å². The van der Waals surface area contributed by atoms with E-state index in [0.29, 0.717) is 5.92 Å². The largest absolute Gasteiger partial charge is 0.317 e. The molecular formula is C16H21N3. The molecule has 3 rings (SSSR count). The van der Waals surface area contributed by atoms with E-state index in [4.69, 9.17) is 0 Å². The normalized spacial score (nSPS) is 16.7. The molecule has 0 atom stereocenters. The number of aryl methyl sites for hydroxylation is 1. The minimum atomic E-state index is 0.660. The topological polar surface area (TPSA) is 29.9 Å². The standard InChI is InChI=1S/C16H21N3/c1-19-16(14-7-9-17-10-8-14)15(12-18-19)11-13-5-3-2-4-6-13/h2-6,12,14,17H,7-11H2,1H3. The molecule has 0 spiro atoms. The molecule has 2 heterocycles. The van der Waals surface area contributed by atoms with Crippen LogP contribution in [0.4, 0.5) is 0 Å². The summed E-state index contributed by atoms with van der Waals surface area (Å²) in [6, 6.07) is 10.7. The Morgan fingerprint density at radius 1 is 1.21 bits per heavy atom. The SMILES string of the molecule is Cn1ncc(Cc2ccccc2)c1C1CCNCC1. The second-order valence-electron chi connectivity index (χ2n) is 5.37. The van der Waals surface area contributed by atoms with Crippen molar-refractivity contribution in [2.75, 3.05) is 13.1 Å². The van der Waals surface area contributed by atoms with Crippen molar-refractivity contribution in [3.63, 3.8) is 0 Å². The summed E-state index contributed by atoms with van der Waals surface area (Å²) >= 11 is 0. The summed E-state index contributed by atoms with van der Waals surface area (Å²) in [5, 5.41) is 7.92. The van der Waals surface area contributed by atoms with Crippen molar-refractivity contribution in [2.45, 2.75) is 25.2 Å². The molecular weight excluding hydrogens is 234 g/mol. The summed E-state index contributed by atoms with van der Waals surface area (Å²) in [5.74, 6) is 0.660. The lowest BCUT2D eigenvalue weighted by Crippen LogP contribution is -2.28. The molecule has 1 saturated heterocycles. The van der Waals surface area contributed by atoms with Gasteiger partial charge in [0.2, 0.25) is 0 Å². The van der Waals surface area contributed by atoms with Crippen LogP contribution in [-0.2, 0) is 13.5 Å². The lowest BCUT2D eigenvalue weighted by Gasteiger charge is -2.24. The molecule has 0 aliphatic carbocycles. The highest BCUT2D eigenvalue weighted by Crippen LogP contribution is 2.28. The Morgan fingerprint density at radius 3 is 2.68 bits per heavy atom. The van der Waals surface area contributed by atoms with Crippen LogP contribution in [-0.4, -0.2) is 22.9 Å². The van der Waals surface area contributed by atoms with Crippen molar-refractivity contribution in [3.8, 4) is 0 Å². The molecule has 100 valence electrons. The average Bonchev–Trinajstić information content (AvgIpc) is 2.82. The zero-order chi connectivity index (χ0) is 13.1. The first-order chi connectivity index (χ1) is 9.34. The quantitative estimate of drug-likeness (QED) is 0.913. The van der Waals surface area contributed by atoms with Gasteiger partial charge in [-0.05, 0) is 37.1 Å². The number of nitrogens with zero attached hydrogens (tertiary/aromatic N) is 2. The summed E-state index contributed by atoms with van der Waals surface area (Å²) in [7, 11) is 2.08. The molecule has 0 amide bonds. The Bertz CT molecular complexity index is 524. The van der Waals surface area contributed by atoms with E-state index in [-0.39, 0.29) is 0 Å². The smallest absolute Gasteiger partial charge is 0.0528 e. The molecule has 3 nitrogen and oxygen atoms in total. The van der Waals surface area contributed by atoms with E-state index < -0.39 is 0 Å². The Kier molecular flexibility index (Phi) is 3.65. The minimum Gasteiger partial charge on any atom is -0.317 e. The van der Waals surface area contributed by atoms with Gasteiger partial charge in [0.1, 0.15) is 0 Å². The maximum Gasteiger partial charge on any atom is 0.0528 e. The number of aromatic nitrogens is 2. The van der Waals surface area contributed by atoms with Gasteiger partial charge in [-0.15, -0.1) is 0 Å². The van der Waals surface area contributed by atoms with Crippen molar-refractivity contribution in [1.29, 1.82) is 0 Å². The lowest BCUT2D eigenvalue weighted by molar-refractivity contribution is 0.438. The second-order valence-corrected chi connectivity index (χ2v) is 5.37.